The maximum atomic E-state index is 9.90. The number of hydrogen-bond donors (Lipinski definition) is 3. The lowest BCUT2D eigenvalue weighted by atomic mass is 9.86. The predicted molar refractivity (Wildman–Crippen MR) is 72.3 cm³/mol. The second kappa shape index (κ2) is 6.00. The zero-order chi connectivity index (χ0) is 13.0. The van der Waals surface area contributed by atoms with Crippen molar-refractivity contribution in [3.05, 3.63) is 11.9 Å². The van der Waals surface area contributed by atoms with Crippen LogP contribution < -0.4 is 11.1 Å². The van der Waals surface area contributed by atoms with Crippen molar-refractivity contribution in [3.63, 3.8) is 0 Å². The Morgan fingerprint density at radius 1 is 1.39 bits per heavy atom. The van der Waals surface area contributed by atoms with Crippen molar-refractivity contribution < 1.29 is 5.11 Å². The van der Waals surface area contributed by atoms with E-state index in [1.807, 2.05) is 6.92 Å². The summed E-state index contributed by atoms with van der Waals surface area (Å²) in [6, 6.07) is 1.74. The molecule has 2 rings (SSSR count). The lowest BCUT2D eigenvalue weighted by molar-refractivity contribution is 0.0763. The van der Waals surface area contributed by atoms with Crippen LogP contribution in [-0.2, 0) is 6.42 Å². The standard InChI is InChI=1S/C13H22N4O/c1-2-12-16-11(14)7-13(17-12)15-8-9-5-3-4-6-10(9)18/h7,9-10,18H,2-6,8H2,1H3,(H3,14,15,16,17). The maximum Gasteiger partial charge on any atom is 0.132 e. The van der Waals surface area contributed by atoms with Gasteiger partial charge in [-0.2, -0.15) is 0 Å². The molecule has 4 N–H and O–H groups in total. The Kier molecular flexibility index (Phi) is 4.36. The van der Waals surface area contributed by atoms with Gasteiger partial charge in [-0.15, -0.1) is 0 Å². The number of aromatic nitrogens is 2. The van der Waals surface area contributed by atoms with Crippen LogP contribution in [0.4, 0.5) is 11.6 Å². The molecular weight excluding hydrogens is 228 g/mol. The van der Waals surface area contributed by atoms with Gasteiger partial charge in [-0.1, -0.05) is 19.8 Å². The van der Waals surface area contributed by atoms with Gasteiger partial charge < -0.3 is 16.2 Å². The van der Waals surface area contributed by atoms with Gasteiger partial charge in [0.05, 0.1) is 6.10 Å². The number of rotatable bonds is 4. The normalized spacial score (nSPS) is 23.9. The maximum absolute atomic E-state index is 9.90. The molecule has 1 fully saturated rings. The molecule has 0 aliphatic heterocycles. The van der Waals surface area contributed by atoms with Gasteiger partial charge in [0, 0.05) is 24.9 Å². The van der Waals surface area contributed by atoms with Gasteiger partial charge in [0.25, 0.3) is 0 Å². The highest BCUT2D eigenvalue weighted by atomic mass is 16.3. The number of nitrogens with two attached hydrogens (primary N) is 1. The third-order valence-corrected chi connectivity index (χ3v) is 3.52. The first kappa shape index (κ1) is 13.1. The van der Waals surface area contributed by atoms with Crippen molar-refractivity contribution in [2.75, 3.05) is 17.6 Å². The third-order valence-electron chi connectivity index (χ3n) is 3.52. The fourth-order valence-electron chi connectivity index (χ4n) is 2.43. The molecule has 1 aromatic heterocycles. The summed E-state index contributed by atoms with van der Waals surface area (Å²) in [5.41, 5.74) is 5.73. The molecule has 0 aromatic carbocycles. The molecule has 0 amide bonds. The molecule has 0 spiro atoms. The summed E-state index contributed by atoms with van der Waals surface area (Å²) in [6.45, 7) is 2.75. The van der Waals surface area contributed by atoms with Gasteiger partial charge in [-0.05, 0) is 12.8 Å². The zero-order valence-corrected chi connectivity index (χ0v) is 10.9. The van der Waals surface area contributed by atoms with Crippen molar-refractivity contribution in [2.45, 2.75) is 45.1 Å². The largest absolute Gasteiger partial charge is 0.393 e. The van der Waals surface area contributed by atoms with Gasteiger partial charge in [-0.25, -0.2) is 9.97 Å². The molecule has 2 atom stereocenters. The summed E-state index contributed by atoms with van der Waals surface area (Å²) in [5, 5.41) is 13.2. The van der Waals surface area contributed by atoms with E-state index in [1.54, 1.807) is 6.07 Å². The van der Waals surface area contributed by atoms with Crippen molar-refractivity contribution >= 4 is 11.6 Å². The first-order valence-electron chi connectivity index (χ1n) is 6.74. The van der Waals surface area contributed by atoms with E-state index in [9.17, 15) is 5.11 Å². The number of aliphatic hydroxyl groups excluding tert-OH is 1. The molecular formula is C13H22N4O. The van der Waals surface area contributed by atoms with Crippen LogP contribution >= 0.6 is 0 Å². The molecule has 1 aromatic rings. The van der Waals surface area contributed by atoms with Crippen molar-refractivity contribution in [1.82, 2.24) is 9.97 Å². The van der Waals surface area contributed by atoms with Crippen LogP contribution in [0, 0.1) is 5.92 Å². The van der Waals surface area contributed by atoms with E-state index in [-0.39, 0.29) is 6.10 Å². The highest BCUT2D eigenvalue weighted by Gasteiger charge is 2.22. The zero-order valence-electron chi connectivity index (χ0n) is 10.9. The fourth-order valence-corrected chi connectivity index (χ4v) is 2.43. The van der Waals surface area contributed by atoms with E-state index in [1.165, 1.54) is 6.42 Å². The Morgan fingerprint density at radius 3 is 2.89 bits per heavy atom. The summed E-state index contributed by atoms with van der Waals surface area (Å²) in [5.74, 6) is 2.33. The summed E-state index contributed by atoms with van der Waals surface area (Å²) >= 11 is 0. The third kappa shape index (κ3) is 3.32. The van der Waals surface area contributed by atoms with Gasteiger partial charge in [0.1, 0.15) is 17.5 Å². The van der Waals surface area contributed by atoms with Crippen molar-refractivity contribution in [1.29, 1.82) is 0 Å². The predicted octanol–water partition coefficient (Wildman–Crippen LogP) is 1.58. The Bertz CT molecular complexity index is 397. The molecule has 1 heterocycles. The molecule has 1 saturated carbocycles. The average molecular weight is 250 g/mol. The van der Waals surface area contributed by atoms with Crippen LogP contribution in [-0.4, -0.2) is 27.7 Å². The summed E-state index contributed by atoms with van der Waals surface area (Å²) in [7, 11) is 0. The summed E-state index contributed by atoms with van der Waals surface area (Å²) in [6.07, 6.45) is 4.92. The topological polar surface area (TPSA) is 84.1 Å². The van der Waals surface area contributed by atoms with Gasteiger partial charge in [0.15, 0.2) is 0 Å². The van der Waals surface area contributed by atoms with Crippen LogP contribution in [0.15, 0.2) is 6.07 Å². The van der Waals surface area contributed by atoms with E-state index in [0.717, 1.165) is 43.9 Å². The Morgan fingerprint density at radius 2 is 2.17 bits per heavy atom. The van der Waals surface area contributed by atoms with Crippen molar-refractivity contribution in [3.8, 4) is 0 Å². The molecule has 1 aliphatic carbocycles. The minimum Gasteiger partial charge on any atom is -0.393 e. The van der Waals surface area contributed by atoms with Crippen LogP contribution in [0.1, 0.15) is 38.4 Å². The molecule has 1 aliphatic rings. The quantitative estimate of drug-likeness (QED) is 0.755. The van der Waals surface area contributed by atoms with Crippen molar-refractivity contribution in [2.24, 2.45) is 5.92 Å². The fraction of sp³-hybridized carbons (Fsp3) is 0.692. The van der Waals surface area contributed by atoms with E-state index in [0.29, 0.717) is 11.7 Å². The lowest BCUT2D eigenvalue weighted by Gasteiger charge is -2.27. The summed E-state index contributed by atoms with van der Waals surface area (Å²) in [4.78, 5) is 8.52. The number of nitrogens with zero attached hydrogens (tertiary/aromatic N) is 2. The number of hydrogen-bond acceptors (Lipinski definition) is 5. The molecule has 5 nitrogen and oxygen atoms in total. The highest BCUT2D eigenvalue weighted by molar-refractivity contribution is 5.44. The molecule has 100 valence electrons. The van der Waals surface area contributed by atoms with Gasteiger partial charge >= 0.3 is 0 Å². The minimum absolute atomic E-state index is 0.184. The average Bonchev–Trinajstić information content (AvgIpc) is 2.37. The Hall–Kier alpha value is -1.36. The van der Waals surface area contributed by atoms with E-state index in [2.05, 4.69) is 15.3 Å². The Labute approximate surface area is 108 Å². The number of nitrogens with one attached hydrogen (secondary N) is 1. The second-order valence-corrected chi connectivity index (χ2v) is 4.94. The van der Waals surface area contributed by atoms with Crippen LogP contribution in [0.5, 0.6) is 0 Å². The monoisotopic (exact) mass is 250 g/mol. The second-order valence-electron chi connectivity index (χ2n) is 4.94. The molecule has 18 heavy (non-hydrogen) atoms. The molecule has 2 unspecified atom stereocenters. The highest BCUT2D eigenvalue weighted by Crippen LogP contribution is 2.24. The van der Waals surface area contributed by atoms with E-state index >= 15 is 0 Å². The van der Waals surface area contributed by atoms with Crippen LogP contribution in [0.3, 0.4) is 0 Å². The Balaban J connectivity index is 1.94. The van der Waals surface area contributed by atoms with E-state index in [4.69, 9.17) is 5.73 Å². The number of anilines is 2. The smallest absolute Gasteiger partial charge is 0.132 e. The number of aliphatic hydroxyl groups is 1. The first-order chi connectivity index (χ1) is 8.69. The molecule has 0 bridgehead atoms. The number of nitrogen functional groups attached to an aromatic ring is 1. The first-order valence-corrected chi connectivity index (χ1v) is 6.74. The van der Waals surface area contributed by atoms with E-state index < -0.39 is 0 Å². The molecule has 0 saturated heterocycles. The van der Waals surface area contributed by atoms with Gasteiger partial charge in [0.2, 0.25) is 0 Å². The molecule has 5 heteroatoms. The lowest BCUT2D eigenvalue weighted by Crippen LogP contribution is -2.30. The van der Waals surface area contributed by atoms with Crippen LogP contribution in [0.25, 0.3) is 0 Å². The minimum atomic E-state index is -0.184. The van der Waals surface area contributed by atoms with Crippen LogP contribution in [0.2, 0.25) is 0 Å². The SMILES string of the molecule is CCc1nc(N)cc(NCC2CCCCC2O)n1. The summed E-state index contributed by atoms with van der Waals surface area (Å²) < 4.78 is 0. The number of aryl methyl sites for hydroxylation is 1. The molecule has 0 radical (unpaired) electrons. The van der Waals surface area contributed by atoms with Gasteiger partial charge in [-0.3, -0.25) is 0 Å².